The maximum atomic E-state index is 13.1. The van der Waals surface area contributed by atoms with E-state index in [1.807, 2.05) is 0 Å². The number of carbonyl (C=O) groups excluding carboxylic acids is 4. The molecule has 19 heteroatoms. The molecule has 3 N–H and O–H groups in total. The summed E-state index contributed by atoms with van der Waals surface area (Å²) in [5.74, 6) is 0.262. The lowest BCUT2D eigenvalue weighted by Gasteiger charge is -2.21. The third-order valence-corrected chi connectivity index (χ3v) is 20.8. The van der Waals surface area contributed by atoms with Crippen LogP contribution in [0.25, 0.3) is 0 Å². The largest absolute Gasteiger partial charge is 0.472 e. The molecule has 0 bridgehead atoms. The molecule has 100 heavy (non-hydrogen) atoms. The number of phosphoric acid groups is 2. The molecular formula is C81H158O17P2. The fourth-order valence-electron chi connectivity index (χ4n) is 12.5. The van der Waals surface area contributed by atoms with Gasteiger partial charge < -0.3 is 33.8 Å². The summed E-state index contributed by atoms with van der Waals surface area (Å²) in [7, 11) is -9.92. The van der Waals surface area contributed by atoms with Crippen molar-refractivity contribution in [1.82, 2.24) is 0 Å². The molecular weight excluding hydrogens is 1310 g/mol. The van der Waals surface area contributed by atoms with E-state index in [2.05, 4.69) is 48.5 Å². The minimum absolute atomic E-state index is 0.107. The van der Waals surface area contributed by atoms with Crippen molar-refractivity contribution in [3.63, 3.8) is 0 Å². The molecule has 5 atom stereocenters. The zero-order chi connectivity index (χ0) is 73.7. The molecule has 0 aliphatic carbocycles. The third-order valence-electron chi connectivity index (χ3n) is 18.9. The smallest absolute Gasteiger partial charge is 0.462 e. The van der Waals surface area contributed by atoms with E-state index in [9.17, 15) is 43.2 Å². The second-order valence-corrected chi connectivity index (χ2v) is 33.5. The van der Waals surface area contributed by atoms with Gasteiger partial charge in [-0.05, 0) is 43.4 Å². The number of hydrogen-bond acceptors (Lipinski definition) is 15. The lowest BCUT2D eigenvalue weighted by Crippen LogP contribution is -2.30. The third kappa shape index (κ3) is 74.3. The van der Waals surface area contributed by atoms with Crippen molar-refractivity contribution in [3.8, 4) is 0 Å². The van der Waals surface area contributed by atoms with Crippen LogP contribution >= 0.6 is 15.6 Å². The zero-order valence-electron chi connectivity index (χ0n) is 65.7. The molecule has 0 spiro atoms. The van der Waals surface area contributed by atoms with E-state index >= 15 is 0 Å². The number of aliphatic hydroxyl groups excluding tert-OH is 1. The minimum atomic E-state index is -4.96. The Morgan fingerprint density at radius 1 is 0.270 bits per heavy atom. The quantitative estimate of drug-likeness (QED) is 0.0222. The van der Waals surface area contributed by atoms with Crippen molar-refractivity contribution >= 4 is 39.5 Å². The normalized spacial score (nSPS) is 14.0. The first kappa shape index (κ1) is 98.1. The molecule has 0 radical (unpaired) electrons. The fraction of sp³-hybridized carbons (Fsp3) is 0.951. The molecule has 0 fully saturated rings. The Hall–Kier alpha value is -1.94. The van der Waals surface area contributed by atoms with Crippen molar-refractivity contribution in [2.75, 3.05) is 39.6 Å². The van der Waals surface area contributed by atoms with Gasteiger partial charge in [0.1, 0.15) is 19.3 Å². The summed E-state index contributed by atoms with van der Waals surface area (Å²) < 4.78 is 68.7. The van der Waals surface area contributed by atoms with E-state index in [-0.39, 0.29) is 25.7 Å². The molecule has 594 valence electrons. The number of aliphatic hydroxyl groups is 1. The van der Waals surface area contributed by atoms with E-state index in [4.69, 9.17) is 37.0 Å². The van der Waals surface area contributed by atoms with Crippen LogP contribution in [0.3, 0.4) is 0 Å². The van der Waals surface area contributed by atoms with Crippen LogP contribution in [0.5, 0.6) is 0 Å². The van der Waals surface area contributed by atoms with Crippen LogP contribution in [0, 0.1) is 17.8 Å². The van der Waals surface area contributed by atoms with Gasteiger partial charge in [-0.1, -0.05) is 370 Å². The van der Waals surface area contributed by atoms with Crippen LogP contribution in [0.15, 0.2) is 0 Å². The Kier molecular flexibility index (Phi) is 69.9. The highest BCUT2D eigenvalue weighted by Crippen LogP contribution is 2.45. The predicted octanol–water partition coefficient (Wildman–Crippen LogP) is 24.1. The minimum Gasteiger partial charge on any atom is -0.462 e. The first-order valence-corrected chi connectivity index (χ1v) is 44.8. The molecule has 0 rings (SSSR count). The van der Waals surface area contributed by atoms with Crippen LogP contribution in [0.4, 0.5) is 0 Å². The molecule has 0 aromatic carbocycles. The van der Waals surface area contributed by atoms with Gasteiger partial charge in [-0.3, -0.25) is 37.3 Å². The van der Waals surface area contributed by atoms with Crippen LogP contribution < -0.4 is 0 Å². The summed E-state index contributed by atoms with van der Waals surface area (Å²) >= 11 is 0. The van der Waals surface area contributed by atoms with Gasteiger partial charge in [-0.25, -0.2) is 9.13 Å². The first-order valence-electron chi connectivity index (χ1n) is 41.8. The highest BCUT2D eigenvalue weighted by atomic mass is 31.2. The zero-order valence-corrected chi connectivity index (χ0v) is 67.5. The molecule has 0 saturated heterocycles. The number of esters is 4. The van der Waals surface area contributed by atoms with Gasteiger partial charge in [0.15, 0.2) is 12.2 Å². The van der Waals surface area contributed by atoms with Crippen molar-refractivity contribution in [2.24, 2.45) is 17.8 Å². The van der Waals surface area contributed by atoms with E-state index in [0.29, 0.717) is 25.7 Å². The summed E-state index contributed by atoms with van der Waals surface area (Å²) in [6.07, 6.45) is 59.5. The molecule has 0 heterocycles. The van der Waals surface area contributed by atoms with E-state index in [0.717, 1.165) is 108 Å². The number of unbranched alkanes of at least 4 members (excludes halogenated alkanes) is 47. The summed E-state index contributed by atoms with van der Waals surface area (Å²) in [4.78, 5) is 73.0. The molecule has 0 aromatic rings. The maximum absolute atomic E-state index is 13.1. The summed E-state index contributed by atoms with van der Waals surface area (Å²) in [5, 5.41) is 10.6. The molecule has 2 unspecified atom stereocenters. The Morgan fingerprint density at radius 2 is 0.460 bits per heavy atom. The number of rotatable bonds is 79. The van der Waals surface area contributed by atoms with Crippen LogP contribution in [-0.2, 0) is 65.4 Å². The second-order valence-electron chi connectivity index (χ2n) is 30.6. The number of phosphoric ester groups is 2. The lowest BCUT2D eigenvalue weighted by molar-refractivity contribution is -0.161. The van der Waals surface area contributed by atoms with Crippen molar-refractivity contribution < 1.29 is 80.2 Å². The van der Waals surface area contributed by atoms with Crippen LogP contribution in [-0.4, -0.2) is 96.7 Å². The van der Waals surface area contributed by atoms with Crippen LogP contribution in [0.1, 0.15) is 421 Å². The van der Waals surface area contributed by atoms with Crippen LogP contribution in [0.2, 0.25) is 0 Å². The average Bonchev–Trinajstić information content (AvgIpc) is 0.935. The molecule has 0 aliphatic rings. The molecule has 0 aliphatic heterocycles. The SMILES string of the molecule is CCCCCCCCCCCCCC(=O)OC[C@H](COP(=O)(O)OC[C@H](O)COP(=O)(O)OC[C@@H](COC(=O)CCCCCCCCCCCCCCCC(C)C)OC(=O)CCCCCCCCCCCCCCCCCC(C)C)OC(=O)CCCCCCCCCCCCCCC(C)C. The van der Waals surface area contributed by atoms with Gasteiger partial charge in [0.2, 0.25) is 0 Å². The number of ether oxygens (including phenoxy) is 4. The lowest BCUT2D eigenvalue weighted by atomic mass is 10.0. The average molecular weight is 1470 g/mol. The predicted molar refractivity (Wildman–Crippen MR) is 409 cm³/mol. The molecule has 0 saturated carbocycles. The first-order chi connectivity index (χ1) is 48.2. The summed E-state index contributed by atoms with van der Waals surface area (Å²) in [5.41, 5.74) is 0. The topological polar surface area (TPSA) is 237 Å². The van der Waals surface area contributed by atoms with Crippen molar-refractivity contribution in [2.45, 2.75) is 439 Å². The number of carbonyl (C=O) groups is 4. The Morgan fingerprint density at radius 3 is 0.680 bits per heavy atom. The second kappa shape index (κ2) is 71.3. The van der Waals surface area contributed by atoms with Gasteiger partial charge in [-0.2, -0.15) is 0 Å². The summed E-state index contributed by atoms with van der Waals surface area (Å²) in [6.45, 7) is 12.0. The maximum Gasteiger partial charge on any atom is 0.472 e. The highest BCUT2D eigenvalue weighted by molar-refractivity contribution is 7.47. The van der Waals surface area contributed by atoms with Crippen molar-refractivity contribution in [3.05, 3.63) is 0 Å². The highest BCUT2D eigenvalue weighted by Gasteiger charge is 2.30. The Bertz CT molecular complexity index is 1940. The molecule has 0 aromatic heterocycles. The van der Waals surface area contributed by atoms with Crippen molar-refractivity contribution in [1.29, 1.82) is 0 Å². The monoisotopic (exact) mass is 1470 g/mol. The Balaban J connectivity index is 5.26. The summed E-state index contributed by atoms with van der Waals surface area (Å²) in [6, 6.07) is 0. The number of hydrogen-bond donors (Lipinski definition) is 3. The van der Waals surface area contributed by atoms with E-state index in [1.54, 1.807) is 0 Å². The molecule has 17 nitrogen and oxygen atoms in total. The Labute approximate surface area is 613 Å². The van der Waals surface area contributed by atoms with E-state index in [1.165, 1.54) is 231 Å². The van der Waals surface area contributed by atoms with Gasteiger partial charge >= 0.3 is 39.5 Å². The molecule has 0 amide bonds. The van der Waals surface area contributed by atoms with E-state index < -0.39 is 97.5 Å². The van der Waals surface area contributed by atoms with Gasteiger partial charge in [-0.15, -0.1) is 0 Å². The van der Waals surface area contributed by atoms with Gasteiger partial charge in [0, 0.05) is 25.7 Å². The van der Waals surface area contributed by atoms with Gasteiger partial charge in [0.05, 0.1) is 26.4 Å². The standard InChI is InChI=1S/C81H158O17P2/c1-8-9-10-11-12-13-24-34-41-48-55-62-78(83)91-68-76(98-81(86)65-58-51-44-37-30-23-22-27-33-40-47-54-61-74(6)7)70-95-99(87,88)93-66-75(82)67-94-100(89,90)96-71-77(69-92-79(84)63-56-49-42-35-28-21-17-19-26-32-39-46-53-60-73(4)5)97-80(85)64-57-50-43-36-29-20-16-14-15-18-25-31-38-45-52-59-72(2)3/h72-77,82H,8-71H2,1-7H3,(H,87,88)(H,89,90)/t75-,76+,77+/m0/s1. The van der Waals surface area contributed by atoms with Gasteiger partial charge in [0.25, 0.3) is 0 Å². The fourth-order valence-corrected chi connectivity index (χ4v) is 14.1.